The third-order valence-corrected chi connectivity index (χ3v) is 4.20. The highest BCUT2D eigenvalue weighted by molar-refractivity contribution is 6.08. The third-order valence-electron chi connectivity index (χ3n) is 4.20. The van der Waals surface area contributed by atoms with Gasteiger partial charge in [-0.05, 0) is 19.3 Å². The molecule has 0 aromatic carbocycles. The number of carbonyl (C=O) groups excluding carboxylic acids is 2. The van der Waals surface area contributed by atoms with Crippen LogP contribution in [0, 0.1) is 17.3 Å². The summed E-state index contributed by atoms with van der Waals surface area (Å²) in [4.78, 5) is 46.3. The van der Waals surface area contributed by atoms with Crippen LogP contribution < -0.4 is 0 Å². The van der Waals surface area contributed by atoms with E-state index in [4.69, 9.17) is 0 Å². The van der Waals surface area contributed by atoms with Crippen molar-refractivity contribution in [3.05, 3.63) is 0 Å². The van der Waals surface area contributed by atoms with Gasteiger partial charge in [0, 0.05) is 18.8 Å². The van der Waals surface area contributed by atoms with E-state index in [2.05, 4.69) is 0 Å². The van der Waals surface area contributed by atoms with E-state index in [9.17, 15) is 29.4 Å². The fraction of sp³-hybridized carbons (Fsp3) is 0.667. The van der Waals surface area contributed by atoms with Gasteiger partial charge in [-0.1, -0.05) is 0 Å². The van der Waals surface area contributed by atoms with Crippen LogP contribution in [0.4, 0.5) is 0 Å². The van der Waals surface area contributed by atoms with Gasteiger partial charge in [-0.2, -0.15) is 0 Å². The minimum absolute atomic E-state index is 0.147. The van der Waals surface area contributed by atoms with Gasteiger partial charge in [0.1, 0.15) is 11.6 Å². The van der Waals surface area contributed by atoms with E-state index in [0.717, 1.165) is 0 Å². The average Bonchev–Trinajstić information content (AvgIpc) is 2.28. The lowest BCUT2D eigenvalue weighted by Crippen LogP contribution is -2.56. The number of aliphatic carboxylic acids is 2. The van der Waals surface area contributed by atoms with Crippen molar-refractivity contribution in [1.82, 2.24) is 0 Å². The topological polar surface area (TPSA) is 109 Å². The quantitative estimate of drug-likeness (QED) is 0.694. The molecular weight excluding hydrogens is 240 g/mol. The number of carboxylic acids is 2. The van der Waals surface area contributed by atoms with Crippen LogP contribution in [0.15, 0.2) is 0 Å². The molecule has 0 spiro atoms. The van der Waals surface area contributed by atoms with Crippen molar-refractivity contribution >= 4 is 23.5 Å². The number of carbonyl (C=O) groups is 4. The van der Waals surface area contributed by atoms with E-state index in [1.807, 2.05) is 0 Å². The summed E-state index contributed by atoms with van der Waals surface area (Å²) in [5, 5.41) is 18.5. The first kappa shape index (κ1) is 12.7. The highest BCUT2D eigenvalue weighted by Crippen LogP contribution is 2.48. The van der Waals surface area contributed by atoms with Crippen molar-refractivity contribution in [2.75, 3.05) is 0 Å². The number of fused-ring (bicyclic) bond motifs is 1. The molecule has 0 amide bonds. The second kappa shape index (κ2) is 4.19. The fourth-order valence-corrected chi connectivity index (χ4v) is 3.26. The van der Waals surface area contributed by atoms with Crippen LogP contribution in [0.5, 0.6) is 0 Å². The smallest absolute Gasteiger partial charge is 0.321 e. The van der Waals surface area contributed by atoms with Crippen molar-refractivity contribution in [1.29, 1.82) is 0 Å². The minimum atomic E-state index is -1.98. The molecule has 0 saturated heterocycles. The summed E-state index contributed by atoms with van der Waals surface area (Å²) >= 11 is 0. The normalized spacial score (nSPS) is 30.7. The largest absolute Gasteiger partial charge is 0.480 e. The van der Waals surface area contributed by atoms with Crippen LogP contribution in [-0.2, 0) is 19.2 Å². The summed E-state index contributed by atoms with van der Waals surface area (Å²) in [6.45, 7) is 0. The van der Waals surface area contributed by atoms with Gasteiger partial charge in [-0.3, -0.25) is 19.2 Å². The number of ketones is 2. The summed E-state index contributed by atoms with van der Waals surface area (Å²) in [6, 6.07) is 0. The second-order valence-electron chi connectivity index (χ2n) is 4.99. The Labute approximate surface area is 103 Å². The maximum absolute atomic E-state index is 11.8. The van der Waals surface area contributed by atoms with Gasteiger partial charge >= 0.3 is 11.9 Å². The van der Waals surface area contributed by atoms with Gasteiger partial charge in [0.2, 0.25) is 0 Å². The number of hydrogen-bond donors (Lipinski definition) is 2. The van der Waals surface area contributed by atoms with Crippen molar-refractivity contribution in [2.24, 2.45) is 17.3 Å². The second-order valence-corrected chi connectivity index (χ2v) is 4.99. The van der Waals surface area contributed by atoms with E-state index in [1.165, 1.54) is 0 Å². The molecule has 6 heteroatoms. The van der Waals surface area contributed by atoms with Gasteiger partial charge in [-0.15, -0.1) is 0 Å². The predicted molar refractivity (Wildman–Crippen MR) is 57.8 cm³/mol. The lowest BCUT2D eigenvalue weighted by molar-refractivity contribution is -0.177. The first-order valence-corrected chi connectivity index (χ1v) is 5.93. The monoisotopic (exact) mass is 254 g/mol. The third kappa shape index (κ3) is 1.55. The van der Waals surface area contributed by atoms with E-state index >= 15 is 0 Å². The van der Waals surface area contributed by atoms with Gasteiger partial charge in [-0.25, -0.2) is 0 Å². The van der Waals surface area contributed by atoms with Crippen LogP contribution in [0.2, 0.25) is 0 Å². The Kier molecular flexibility index (Phi) is 2.96. The van der Waals surface area contributed by atoms with Gasteiger partial charge in [0.25, 0.3) is 0 Å². The Morgan fingerprint density at radius 3 is 2.17 bits per heavy atom. The van der Waals surface area contributed by atoms with Gasteiger partial charge in [0.05, 0.1) is 5.92 Å². The number of hydrogen-bond acceptors (Lipinski definition) is 4. The zero-order chi connectivity index (χ0) is 13.5. The van der Waals surface area contributed by atoms with Crippen LogP contribution in [-0.4, -0.2) is 33.7 Å². The summed E-state index contributed by atoms with van der Waals surface area (Å²) in [6.07, 6.45) is 0.634. The molecule has 2 saturated carbocycles. The van der Waals surface area contributed by atoms with Crippen LogP contribution in [0.25, 0.3) is 0 Å². The molecule has 2 fully saturated rings. The molecule has 0 radical (unpaired) electrons. The molecule has 2 N–H and O–H groups in total. The molecule has 2 aliphatic rings. The predicted octanol–water partition coefficient (Wildman–Crippen LogP) is 0.490. The average molecular weight is 254 g/mol. The molecule has 0 aliphatic heterocycles. The minimum Gasteiger partial charge on any atom is -0.480 e. The number of carboxylic acid groups (broad SMARTS) is 2. The molecule has 2 aliphatic carbocycles. The van der Waals surface area contributed by atoms with Crippen LogP contribution in [0.3, 0.4) is 0 Å². The standard InChI is InChI=1S/C12H14O6/c13-7-3-1-2-6-9(7)8(14)4-5-12(6,10(15)16)11(17)18/h6,9H,1-5H2,(H,15,16)(H,17,18). The Hall–Kier alpha value is -1.72. The fourth-order valence-electron chi connectivity index (χ4n) is 3.26. The summed E-state index contributed by atoms with van der Waals surface area (Å²) in [7, 11) is 0. The molecule has 18 heavy (non-hydrogen) atoms. The lowest BCUT2D eigenvalue weighted by atomic mass is 9.56. The summed E-state index contributed by atoms with van der Waals surface area (Å²) in [5.74, 6) is -5.40. The zero-order valence-electron chi connectivity index (χ0n) is 9.72. The molecule has 98 valence electrons. The highest BCUT2D eigenvalue weighted by atomic mass is 16.4. The zero-order valence-corrected chi connectivity index (χ0v) is 9.72. The lowest BCUT2D eigenvalue weighted by Gasteiger charge is -2.43. The Bertz CT molecular complexity index is 416. The Morgan fingerprint density at radius 1 is 1.06 bits per heavy atom. The van der Waals surface area contributed by atoms with Crippen molar-refractivity contribution in [3.63, 3.8) is 0 Å². The van der Waals surface area contributed by atoms with Crippen molar-refractivity contribution in [2.45, 2.75) is 32.1 Å². The van der Waals surface area contributed by atoms with Crippen molar-refractivity contribution in [3.8, 4) is 0 Å². The Balaban J connectivity index is 2.49. The first-order chi connectivity index (χ1) is 8.41. The van der Waals surface area contributed by atoms with E-state index in [0.29, 0.717) is 12.8 Å². The van der Waals surface area contributed by atoms with Gasteiger partial charge in [0.15, 0.2) is 5.41 Å². The Morgan fingerprint density at radius 2 is 1.61 bits per heavy atom. The SMILES string of the molecule is O=C1CCCC2C1C(=O)CCC2(C(=O)O)C(=O)O. The van der Waals surface area contributed by atoms with E-state index in [1.54, 1.807) is 0 Å². The molecule has 0 aromatic rings. The first-order valence-electron chi connectivity index (χ1n) is 5.93. The number of rotatable bonds is 2. The molecule has 6 nitrogen and oxygen atoms in total. The molecule has 0 heterocycles. The molecule has 0 bridgehead atoms. The van der Waals surface area contributed by atoms with Crippen LogP contribution >= 0.6 is 0 Å². The van der Waals surface area contributed by atoms with E-state index in [-0.39, 0.29) is 30.8 Å². The maximum Gasteiger partial charge on any atom is 0.321 e. The van der Waals surface area contributed by atoms with Gasteiger partial charge < -0.3 is 10.2 Å². The van der Waals surface area contributed by atoms with Crippen molar-refractivity contribution < 1.29 is 29.4 Å². The summed E-state index contributed by atoms with van der Waals surface area (Å²) in [5.41, 5.74) is -1.98. The van der Waals surface area contributed by atoms with Crippen LogP contribution in [0.1, 0.15) is 32.1 Å². The number of Topliss-reactive ketones (excluding diaryl/α,β-unsaturated/α-hetero) is 2. The summed E-state index contributed by atoms with van der Waals surface area (Å²) < 4.78 is 0. The molecule has 0 aromatic heterocycles. The van der Waals surface area contributed by atoms with E-state index < -0.39 is 29.2 Å². The molecule has 2 rings (SSSR count). The molecule has 2 unspecified atom stereocenters. The molecule has 2 atom stereocenters. The molecular formula is C12H14O6. The maximum atomic E-state index is 11.8. The highest BCUT2D eigenvalue weighted by Gasteiger charge is 2.61.